The first-order valence-corrected chi connectivity index (χ1v) is 10.4. The van der Waals surface area contributed by atoms with Crippen molar-refractivity contribution in [3.63, 3.8) is 0 Å². The molecule has 2 saturated heterocycles. The van der Waals surface area contributed by atoms with Crippen LogP contribution in [0.25, 0.3) is 5.95 Å². The molecule has 0 unspecified atom stereocenters. The minimum absolute atomic E-state index is 0.00220. The maximum Gasteiger partial charge on any atom is 0.254 e. The summed E-state index contributed by atoms with van der Waals surface area (Å²) in [6.07, 6.45) is 1.86. The molecule has 3 fully saturated rings. The first kappa shape index (κ1) is 18.7. The number of hydrogen-bond donors (Lipinski definition) is 2. The third-order valence-corrected chi connectivity index (χ3v) is 6.32. The van der Waals surface area contributed by atoms with Gasteiger partial charge < -0.3 is 15.5 Å². The molecule has 2 aliphatic heterocycles. The first-order valence-electron chi connectivity index (χ1n) is 10.4. The monoisotopic (exact) mass is 403 g/mol. The van der Waals surface area contributed by atoms with Gasteiger partial charge in [-0.05, 0) is 39.2 Å². The Kier molecular flexibility index (Phi) is 4.45. The maximum atomic E-state index is 13.5. The Bertz CT molecular complexity index is 902. The zero-order chi connectivity index (χ0) is 20.2. The van der Waals surface area contributed by atoms with Gasteiger partial charge in [-0.25, -0.2) is 13.5 Å². The number of hydrogen-bond acceptors (Lipinski definition) is 6. The van der Waals surface area contributed by atoms with Crippen molar-refractivity contribution < 1.29 is 8.78 Å². The fraction of sp³-hybridized carbons (Fsp3) is 0.650. The third kappa shape index (κ3) is 3.68. The molecule has 2 bridgehead atoms. The predicted octanol–water partition coefficient (Wildman–Crippen LogP) is 2.82. The average molecular weight is 403 g/mol. The van der Waals surface area contributed by atoms with Gasteiger partial charge in [-0.3, -0.25) is 0 Å². The van der Waals surface area contributed by atoms with E-state index < -0.39 is 5.92 Å². The molecule has 3 aliphatic rings. The molecule has 1 aliphatic carbocycles. The Labute approximate surface area is 168 Å². The van der Waals surface area contributed by atoms with Crippen LogP contribution in [0.2, 0.25) is 0 Å². The lowest BCUT2D eigenvalue weighted by molar-refractivity contribution is -0.0361. The summed E-state index contributed by atoms with van der Waals surface area (Å²) < 4.78 is 28.8. The largest absolute Gasteiger partial charge is 0.367 e. The summed E-state index contributed by atoms with van der Waals surface area (Å²) in [4.78, 5) is 11.8. The van der Waals surface area contributed by atoms with Crippen LogP contribution in [0, 0.1) is 13.8 Å². The molecule has 0 aromatic carbocycles. The molecule has 156 valence electrons. The molecule has 29 heavy (non-hydrogen) atoms. The van der Waals surface area contributed by atoms with Crippen molar-refractivity contribution in [3.8, 4) is 5.95 Å². The minimum atomic E-state index is -2.54. The van der Waals surface area contributed by atoms with Gasteiger partial charge in [0.1, 0.15) is 11.6 Å². The molecule has 2 aromatic rings. The van der Waals surface area contributed by atoms with Gasteiger partial charge in [0.25, 0.3) is 5.95 Å². The summed E-state index contributed by atoms with van der Waals surface area (Å²) >= 11 is 0. The molecular formula is C20H27F2N7. The lowest BCUT2D eigenvalue weighted by Crippen LogP contribution is -2.44. The molecule has 1 saturated carbocycles. The first-order chi connectivity index (χ1) is 13.9. The van der Waals surface area contributed by atoms with Crippen molar-refractivity contribution in [1.82, 2.24) is 25.1 Å². The van der Waals surface area contributed by atoms with E-state index in [-0.39, 0.29) is 18.9 Å². The highest BCUT2D eigenvalue weighted by atomic mass is 19.3. The SMILES string of the molecule is Cc1cc(C)n(-c2nc(NC3CCC(F)(F)CC3)cc(N3C[C@H]4C[C@@H]3CN4)n2)n1. The number of nitrogens with one attached hydrogen (secondary N) is 2. The van der Waals surface area contributed by atoms with Gasteiger partial charge in [0, 0.05) is 55.8 Å². The number of fused-ring (bicyclic) bond motifs is 2. The molecule has 2 aromatic heterocycles. The van der Waals surface area contributed by atoms with E-state index in [0.29, 0.717) is 36.7 Å². The number of alkyl halides is 2. The van der Waals surface area contributed by atoms with Gasteiger partial charge in [0.15, 0.2) is 0 Å². The Morgan fingerprint density at radius 3 is 2.59 bits per heavy atom. The van der Waals surface area contributed by atoms with E-state index in [4.69, 9.17) is 9.97 Å². The number of rotatable bonds is 4. The van der Waals surface area contributed by atoms with Crippen LogP contribution in [0.3, 0.4) is 0 Å². The summed E-state index contributed by atoms with van der Waals surface area (Å²) in [7, 11) is 0. The summed E-state index contributed by atoms with van der Waals surface area (Å²) in [6.45, 7) is 5.81. The van der Waals surface area contributed by atoms with Crippen molar-refractivity contribution in [3.05, 3.63) is 23.5 Å². The molecule has 2 atom stereocenters. The van der Waals surface area contributed by atoms with Crippen molar-refractivity contribution in [2.45, 2.75) is 70.0 Å². The van der Waals surface area contributed by atoms with Gasteiger partial charge in [-0.15, -0.1) is 0 Å². The van der Waals surface area contributed by atoms with Gasteiger partial charge in [-0.2, -0.15) is 15.1 Å². The summed E-state index contributed by atoms with van der Waals surface area (Å²) in [5, 5.41) is 11.4. The molecule has 0 radical (unpaired) electrons. The van der Waals surface area contributed by atoms with Gasteiger partial charge >= 0.3 is 0 Å². The van der Waals surface area contributed by atoms with Crippen LogP contribution in [-0.2, 0) is 0 Å². The summed E-state index contributed by atoms with van der Waals surface area (Å²) in [5.74, 6) is -0.456. The number of aryl methyl sites for hydroxylation is 2. The number of aromatic nitrogens is 4. The number of halogens is 2. The topological polar surface area (TPSA) is 70.9 Å². The van der Waals surface area contributed by atoms with Crippen LogP contribution in [0.15, 0.2) is 12.1 Å². The van der Waals surface area contributed by atoms with E-state index in [2.05, 4.69) is 20.6 Å². The summed E-state index contributed by atoms with van der Waals surface area (Å²) in [6, 6.07) is 4.90. The third-order valence-electron chi connectivity index (χ3n) is 6.32. The molecule has 9 heteroatoms. The number of piperazine rings is 1. The summed E-state index contributed by atoms with van der Waals surface area (Å²) in [5.41, 5.74) is 1.87. The molecule has 2 N–H and O–H groups in total. The van der Waals surface area contributed by atoms with Crippen molar-refractivity contribution in [2.75, 3.05) is 23.3 Å². The predicted molar refractivity (Wildman–Crippen MR) is 107 cm³/mol. The highest BCUT2D eigenvalue weighted by Crippen LogP contribution is 2.35. The van der Waals surface area contributed by atoms with Gasteiger partial charge in [0.2, 0.25) is 5.92 Å². The van der Waals surface area contributed by atoms with E-state index in [0.717, 1.165) is 36.7 Å². The number of nitrogens with zero attached hydrogens (tertiary/aromatic N) is 5. The second kappa shape index (κ2) is 6.90. The Hall–Kier alpha value is -2.29. The molecule has 4 heterocycles. The normalized spacial score (nSPS) is 26.3. The van der Waals surface area contributed by atoms with Crippen LogP contribution in [0.4, 0.5) is 20.4 Å². The second-order valence-electron chi connectivity index (χ2n) is 8.67. The van der Waals surface area contributed by atoms with Crippen LogP contribution in [0.5, 0.6) is 0 Å². The Balaban J connectivity index is 1.46. The van der Waals surface area contributed by atoms with Crippen molar-refractivity contribution >= 4 is 11.6 Å². The van der Waals surface area contributed by atoms with E-state index in [1.807, 2.05) is 26.0 Å². The smallest absolute Gasteiger partial charge is 0.254 e. The maximum absolute atomic E-state index is 13.5. The highest BCUT2D eigenvalue weighted by molar-refractivity contribution is 5.54. The van der Waals surface area contributed by atoms with Crippen molar-refractivity contribution in [1.29, 1.82) is 0 Å². The van der Waals surface area contributed by atoms with Crippen LogP contribution >= 0.6 is 0 Å². The van der Waals surface area contributed by atoms with Crippen LogP contribution in [-0.4, -0.2) is 56.9 Å². The van der Waals surface area contributed by atoms with Crippen LogP contribution in [0.1, 0.15) is 43.5 Å². The Morgan fingerprint density at radius 2 is 1.97 bits per heavy atom. The van der Waals surface area contributed by atoms with Crippen molar-refractivity contribution in [2.24, 2.45) is 0 Å². The van der Waals surface area contributed by atoms with Gasteiger partial charge in [-0.1, -0.05) is 0 Å². The molecule has 0 spiro atoms. The van der Waals surface area contributed by atoms with Gasteiger partial charge in [0.05, 0.1) is 5.69 Å². The number of anilines is 2. The van der Waals surface area contributed by atoms with E-state index >= 15 is 0 Å². The highest BCUT2D eigenvalue weighted by Gasteiger charge is 2.39. The van der Waals surface area contributed by atoms with E-state index in [1.54, 1.807) is 4.68 Å². The standard InChI is InChI=1S/C20H27F2N7/c1-12-7-13(2)29(27-12)19-25-17(24-14-3-5-20(21,22)6-4-14)9-18(26-19)28-11-15-8-16(28)10-23-15/h7,9,14-16,23H,3-6,8,10-11H2,1-2H3,(H,24,25,26)/t15-,16-/m1/s1. The fourth-order valence-corrected chi connectivity index (χ4v) is 4.80. The fourth-order valence-electron chi connectivity index (χ4n) is 4.80. The minimum Gasteiger partial charge on any atom is -0.367 e. The molecule has 5 rings (SSSR count). The zero-order valence-corrected chi connectivity index (χ0v) is 16.8. The van der Waals surface area contributed by atoms with E-state index in [1.165, 1.54) is 0 Å². The Morgan fingerprint density at radius 1 is 1.17 bits per heavy atom. The molecular weight excluding hydrogens is 376 g/mol. The van der Waals surface area contributed by atoms with Crippen LogP contribution < -0.4 is 15.5 Å². The molecule has 7 nitrogen and oxygen atoms in total. The quantitative estimate of drug-likeness (QED) is 0.818. The lowest BCUT2D eigenvalue weighted by Gasteiger charge is -2.31. The average Bonchev–Trinajstić information content (AvgIpc) is 3.39. The second-order valence-corrected chi connectivity index (χ2v) is 8.67. The zero-order valence-electron chi connectivity index (χ0n) is 16.8. The lowest BCUT2D eigenvalue weighted by atomic mass is 9.92. The molecule has 0 amide bonds. The van der Waals surface area contributed by atoms with E-state index in [9.17, 15) is 8.78 Å².